The summed E-state index contributed by atoms with van der Waals surface area (Å²) in [5.74, 6) is -0.873. The van der Waals surface area contributed by atoms with Gasteiger partial charge in [0.15, 0.2) is 9.84 Å². The molecule has 0 bridgehead atoms. The molecule has 0 N–H and O–H groups in total. The fraction of sp³-hybridized carbons (Fsp3) is 0.588. The van der Waals surface area contributed by atoms with E-state index in [9.17, 15) is 31.7 Å². The van der Waals surface area contributed by atoms with E-state index >= 15 is 0 Å². The summed E-state index contributed by atoms with van der Waals surface area (Å²) in [6.45, 7) is 0.185. The number of non-ortho nitro benzene ring substituents is 1. The Balaban J connectivity index is 1.75. The summed E-state index contributed by atoms with van der Waals surface area (Å²) in [5, 5.41) is 10.9. The summed E-state index contributed by atoms with van der Waals surface area (Å²) >= 11 is 0. The standard InChI is InChI=1S/C17H23N3O7S2/c1-18(15-7-9-28(24,25)12-15)17(21)13-4-3-8-19(11-13)29(26,27)16-6-2-5-14(10-16)20(22)23/h2,5-6,10,13,15H,3-4,7-9,11-12H2,1H3/t13-,15-/m0/s1. The minimum atomic E-state index is -3.99. The van der Waals surface area contributed by atoms with E-state index in [0.29, 0.717) is 19.3 Å². The number of hydrogen-bond acceptors (Lipinski definition) is 7. The Bertz CT molecular complexity index is 1020. The first-order valence-corrected chi connectivity index (χ1v) is 12.5. The summed E-state index contributed by atoms with van der Waals surface area (Å²) in [6.07, 6.45) is 1.36. The molecule has 1 amide bonds. The number of carbonyl (C=O) groups excluding carboxylic acids is 1. The van der Waals surface area contributed by atoms with Crippen LogP contribution in [0.1, 0.15) is 19.3 Å². The third-order valence-electron chi connectivity index (χ3n) is 5.50. The average Bonchev–Trinajstić information content (AvgIpc) is 3.06. The van der Waals surface area contributed by atoms with Gasteiger partial charge in [0.1, 0.15) is 0 Å². The van der Waals surface area contributed by atoms with Gasteiger partial charge in [-0.25, -0.2) is 16.8 Å². The van der Waals surface area contributed by atoms with E-state index in [-0.39, 0.29) is 41.1 Å². The third-order valence-corrected chi connectivity index (χ3v) is 9.11. The number of carbonyl (C=O) groups is 1. The van der Waals surface area contributed by atoms with Gasteiger partial charge in [-0.1, -0.05) is 6.07 Å². The molecule has 2 saturated heterocycles. The van der Waals surface area contributed by atoms with Gasteiger partial charge in [0.25, 0.3) is 5.69 Å². The second-order valence-electron chi connectivity index (χ2n) is 7.46. The Labute approximate surface area is 169 Å². The smallest absolute Gasteiger partial charge is 0.270 e. The van der Waals surface area contributed by atoms with Crippen molar-refractivity contribution < 1.29 is 26.6 Å². The van der Waals surface area contributed by atoms with E-state index in [2.05, 4.69) is 0 Å². The van der Waals surface area contributed by atoms with Crippen molar-refractivity contribution in [2.75, 3.05) is 31.6 Å². The number of piperidine rings is 1. The zero-order valence-electron chi connectivity index (χ0n) is 15.9. The Morgan fingerprint density at radius 2 is 2.03 bits per heavy atom. The highest BCUT2D eigenvalue weighted by Crippen LogP contribution is 2.28. The predicted molar refractivity (Wildman–Crippen MR) is 104 cm³/mol. The maximum atomic E-state index is 12.9. The van der Waals surface area contributed by atoms with Crippen LogP contribution in [0.15, 0.2) is 29.2 Å². The molecule has 2 aliphatic rings. The molecule has 10 nitrogen and oxygen atoms in total. The van der Waals surface area contributed by atoms with Gasteiger partial charge in [0, 0.05) is 38.3 Å². The van der Waals surface area contributed by atoms with Gasteiger partial charge < -0.3 is 4.90 Å². The Hall–Kier alpha value is -2.05. The lowest BCUT2D eigenvalue weighted by atomic mass is 9.97. The van der Waals surface area contributed by atoms with Crippen molar-refractivity contribution in [1.29, 1.82) is 0 Å². The zero-order chi connectivity index (χ0) is 21.4. The molecule has 2 fully saturated rings. The van der Waals surface area contributed by atoms with E-state index < -0.39 is 36.7 Å². The monoisotopic (exact) mass is 445 g/mol. The molecule has 1 aromatic rings. The van der Waals surface area contributed by atoms with Gasteiger partial charge in [-0.05, 0) is 25.3 Å². The third kappa shape index (κ3) is 4.59. The van der Waals surface area contributed by atoms with Crippen molar-refractivity contribution in [3.05, 3.63) is 34.4 Å². The van der Waals surface area contributed by atoms with E-state index in [1.54, 1.807) is 7.05 Å². The second-order valence-corrected chi connectivity index (χ2v) is 11.6. The van der Waals surface area contributed by atoms with Crippen LogP contribution in [0, 0.1) is 16.0 Å². The van der Waals surface area contributed by atoms with E-state index in [1.165, 1.54) is 27.4 Å². The van der Waals surface area contributed by atoms with Crippen LogP contribution in [0.25, 0.3) is 0 Å². The van der Waals surface area contributed by atoms with Gasteiger partial charge in [-0.3, -0.25) is 14.9 Å². The fourth-order valence-electron chi connectivity index (χ4n) is 3.82. The highest BCUT2D eigenvalue weighted by atomic mass is 32.2. The van der Waals surface area contributed by atoms with Crippen LogP contribution >= 0.6 is 0 Å². The molecular formula is C17H23N3O7S2. The SMILES string of the molecule is CN(C(=O)[C@H]1CCCN(S(=O)(=O)c2cccc([N+](=O)[O-])c2)C1)[C@H]1CCS(=O)(=O)C1. The predicted octanol–water partition coefficient (Wildman–Crippen LogP) is 0.641. The molecular weight excluding hydrogens is 422 g/mol. The van der Waals surface area contributed by atoms with Crippen LogP contribution in [-0.4, -0.2) is 74.6 Å². The topological polar surface area (TPSA) is 135 Å². The van der Waals surface area contributed by atoms with Gasteiger partial charge >= 0.3 is 0 Å². The first-order valence-electron chi connectivity index (χ1n) is 9.23. The first kappa shape index (κ1) is 21.7. The van der Waals surface area contributed by atoms with Crippen LogP contribution in [-0.2, 0) is 24.7 Å². The molecule has 0 saturated carbocycles. The number of rotatable bonds is 5. The lowest BCUT2D eigenvalue weighted by molar-refractivity contribution is -0.385. The van der Waals surface area contributed by atoms with Gasteiger partial charge in [0.05, 0.1) is 27.2 Å². The Morgan fingerprint density at radius 3 is 2.66 bits per heavy atom. The molecule has 2 aliphatic heterocycles. The maximum Gasteiger partial charge on any atom is 0.270 e. The van der Waals surface area contributed by atoms with Crippen LogP contribution in [0.5, 0.6) is 0 Å². The number of hydrogen-bond donors (Lipinski definition) is 0. The number of nitrogens with zero attached hydrogens (tertiary/aromatic N) is 3. The molecule has 3 rings (SSSR count). The Morgan fingerprint density at radius 1 is 1.31 bits per heavy atom. The fourth-order valence-corrected chi connectivity index (χ4v) is 7.16. The van der Waals surface area contributed by atoms with Crippen molar-refractivity contribution in [1.82, 2.24) is 9.21 Å². The number of amides is 1. The number of sulfonamides is 1. The summed E-state index contributed by atoms with van der Waals surface area (Å²) in [5.41, 5.74) is -0.321. The summed E-state index contributed by atoms with van der Waals surface area (Å²) < 4.78 is 50.4. The number of nitro groups is 1. The van der Waals surface area contributed by atoms with Crippen molar-refractivity contribution >= 4 is 31.5 Å². The lowest BCUT2D eigenvalue weighted by Crippen LogP contribution is -2.48. The molecule has 12 heteroatoms. The first-order chi connectivity index (χ1) is 13.5. The van der Waals surface area contributed by atoms with E-state index in [4.69, 9.17) is 0 Å². The maximum absolute atomic E-state index is 12.9. The van der Waals surface area contributed by atoms with E-state index in [0.717, 1.165) is 6.07 Å². The normalized spacial score (nSPS) is 24.9. The summed E-state index contributed by atoms with van der Waals surface area (Å²) in [7, 11) is -5.57. The highest BCUT2D eigenvalue weighted by molar-refractivity contribution is 7.91. The number of sulfone groups is 1. The van der Waals surface area contributed by atoms with E-state index in [1.807, 2.05) is 0 Å². The summed E-state index contributed by atoms with van der Waals surface area (Å²) in [6, 6.07) is 4.44. The van der Waals surface area contributed by atoms with Gasteiger partial charge in [0.2, 0.25) is 15.9 Å². The molecule has 160 valence electrons. The van der Waals surface area contributed by atoms with Crippen molar-refractivity contribution in [2.45, 2.75) is 30.2 Å². The van der Waals surface area contributed by atoms with Crippen LogP contribution in [0.3, 0.4) is 0 Å². The molecule has 0 aliphatic carbocycles. The van der Waals surface area contributed by atoms with Crippen LogP contribution < -0.4 is 0 Å². The van der Waals surface area contributed by atoms with Gasteiger partial charge in [-0.2, -0.15) is 4.31 Å². The second kappa shape index (κ2) is 8.00. The molecule has 29 heavy (non-hydrogen) atoms. The molecule has 0 radical (unpaired) electrons. The Kier molecular flexibility index (Phi) is 5.97. The van der Waals surface area contributed by atoms with Crippen LogP contribution in [0.4, 0.5) is 5.69 Å². The van der Waals surface area contributed by atoms with Crippen molar-refractivity contribution in [3.8, 4) is 0 Å². The minimum Gasteiger partial charge on any atom is -0.341 e. The minimum absolute atomic E-state index is 0.0341. The number of benzene rings is 1. The van der Waals surface area contributed by atoms with Crippen molar-refractivity contribution in [3.63, 3.8) is 0 Å². The summed E-state index contributed by atoms with van der Waals surface area (Å²) in [4.78, 5) is 24.4. The lowest BCUT2D eigenvalue weighted by Gasteiger charge is -2.34. The highest BCUT2D eigenvalue weighted by Gasteiger charge is 2.38. The molecule has 0 unspecified atom stereocenters. The average molecular weight is 446 g/mol. The quantitative estimate of drug-likeness (QED) is 0.479. The number of nitro benzene ring substituents is 1. The van der Waals surface area contributed by atoms with Crippen molar-refractivity contribution in [2.24, 2.45) is 5.92 Å². The zero-order valence-corrected chi connectivity index (χ0v) is 17.6. The van der Waals surface area contributed by atoms with Gasteiger partial charge in [-0.15, -0.1) is 0 Å². The molecule has 2 heterocycles. The molecule has 0 spiro atoms. The molecule has 1 aromatic carbocycles. The van der Waals surface area contributed by atoms with Crippen LogP contribution in [0.2, 0.25) is 0 Å². The molecule has 0 aromatic heterocycles. The largest absolute Gasteiger partial charge is 0.341 e. The molecule has 2 atom stereocenters.